The molecule has 0 saturated carbocycles. The molecule has 1 amide bonds. The lowest BCUT2D eigenvalue weighted by Crippen LogP contribution is -2.43. The minimum atomic E-state index is -0.0534. The van der Waals surface area contributed by atoms with Gasteiger partial charge in [-0.3, -0.25) is 4.79 Å². The smallest absolute Gasteiger partial charge is 0.255 e. The first-order valence-corrected chi connectivity index (χ1v) is 9.58. The van der Waals surface area contributed by atoms with Crippen LogP contribution in [0.5, 0.6) is 0 Å². The number of hydrogen-bond acceptors (Lipinski definition) is 4. The summed E-state index contributed by atoms with van der Waals surface area (Å²) in [5.74, 6) is -0.0534. The summed E-state index contributed by atoms with van der Waals surface area (Å²) in [5.41, 5.74) is 4.36. The molecule has 0 aromatic carbocycles. The predicted molar refractivity (Wildman–Crippen MR) is 108 cm³/mol. The van der Waals surface area contributed by atoms with Gasteiger partial charge in [0.2, 0.25) is 0 Å². The number of pyridine rings is 2. The number of hydrogen-bond donors (Lipinski definition) is 2. The number of nitrogens with one attached hydrogen (secondary N) is 2. The Bertz CT molecular complexity index is 1150. The maximum atomic E-state index is 12.9. The number of likely N-dealkylation sites (tertiary alicyclic amines) is 1. The first kappa shape index (κ1) is 16.9. The SMILES string of the molecule is CN1CCC(NC(=O)c2cnn3ccc(-c4c[nH]c5ncccc45)cc23)CC1. The molecule has 1 aliphatic heterocycles. The fourth-order valence-corrected chi connectivity index (χ4v) is 3.93. The van der Waals surface area contributed by atoms with Crippen LogP contribution in [0.2, 0.25) is 0 Å². The van der Waals surface area contributed by atoms with E-state index in [4.69, 9.17) is 0 Å². The van der Waals surface area contributed by atoms with Gasteiger partial charge in [0.25, 0.3) is 5.91 Å². The van der Waals surface area contributed by atoms with Gasteiger partial charge in [0, 0.05) is 35.6 Å². The van der Waals surface area contributed by atoms with Crippen LogP contribution in [0.25, 0.3) is 27.7 Å². The molecule has 7 nitrogen and oxygen atoms in total. The molecule has 142 valence electrons. The predicted octanol–water partition coefficient (Wildman–Crippen LogP) is 2.70. The molecule has 5 rings (SSSR count). The highest BCUT2D eigenvalue weighted by Crippen LogP contribution is 2.29. The van der Waals surface area contributed by atoms with Crippen molar-refractivity contribution in [3.05, 3.63) is 54.6 Å². The van der Waals surface area contributed by atoms with Crippen LogP contribution in [0.4, 0.5) is 0 Å². The third-order valence-electron chi connectivity index (χ3n) is 5.58. The molecule has 0 unspecified atom stereocenters. The molecule has 0 atom stereocenters. The number of carbonyl (C=O) groups is 1. The number of carbonyl (C=O) groups excluding carboxylic acids is 1. The van der Waals surface area contributed by atoms with Gasteiger partial charge in [0.15, 0.2) is 0 Å². The molecule has 4 aromatic heterocycles. The van der Waals surface area contributed by atoms with Gasteiger partial charge >= 0.3 is 0 Å². The van der Waals surface area contributed by atoms with Crippen LogP contribution in [0.15, 0.2) is 49.1 Å². The van der Waals surface area contributed by atoms with E-state index in [1.807, 2.05) is 36.7 Å². The van der Waals surface area contributed by atoms with Crippen molar-refractivity contribution in [2.45, 2.75) is 18.9 Å². The van der Waals surface area contributed by atoms with Crippen LogP contribution in [0.1, 0.15) is 23.2 Å². The van der Waals surface area contributed by atoms with Crippen LogP contribution < -0.4 is 5.32 Å². The normalized spacial score (nSPS) is 16.0. The number of aromatic amines is 1. The molecule has 0 spiro atoms. The number of aromatic nitrogens is 4. The molecule has 5 heterocycles. The Morgan fingerprint density at radius 1 is 1.29 bits per heavy atom. The van der Waals surface area contributed by atoms with E-state index in [0.717, 1.165) is 53.6 Å². The summed E-state index contributed by atoms with van der Waals surface area (Å²) in [5, 5.41) is 8.60. The molecule has 1 aliphatic rings. The van der Waals surface area contributed by atoms with Crippen LogP contribution >= 0.6 is 0 Å². The highest BCUT2D eigenvalue weighted by Gasteiger charge is 2.21. The Morgan fingerprint density at radius 2 is 2.14 bits per heavy atom. The van der Waals surface area contributed by atoms with Crippen molar-refractivity contribution >= 4 is 22.5 Å². The lowest BCUT2D eigenvalue weighted by atomic mass is 10.0. The highest BCUT2D eigenvalue weighted by atomic mass is 16.1. The van der Waals surface area contributed by atoms with Crippen LogP contribution in [-0.4, -0.2) is 56.6 Å². The molecule has 28 heavy (non-hydrogen) atoms. The van der Waals surface area contributed by atoms with Gasteiger partial charge in [-0.2, -0.15) is 5.10 Å². The topological polar surface area (TPSA) is 78.3 Å². The van der Waals surface area contributed by atoms with E-state index >= 15 is 0 Å². The zero-order chi connectivity index (χ0) is 19.1. The summed E-state index contributed by atoms with van der Waals surface area (Å²) in [6.07, 6.45) is 9.24. The second-order valence-electron chi connectivity index (χ2n) is 7.46. The lowest BCUT2D eigenvalue weighted by Gasteiger charge is -2.29. The van der Waals surface area contributed by atoms with Gasteiger partial charge in [-0.1, -0.05) is 0 Å². The first-order valence-electron chi connectivity index (χ1n) is 9.58. The fourth-order valence-electron chi connectivity index (χ4n) is 3.93. The summed E-state index contributed by atoms with van der Waals surface area (Å²) < 4.78 is 1.75. The molecule has 1 saturated heterocycles. The van der Waals surface area contributed by atoms with Gasteiger partial charge in [-0.25, -0.2) is 9.50 Å². The van der Waals surface area contributed by atoms with Gasteiger partial charge < -0.3 is 15.2 Å². The van der Waals surface area contributed by atoms with E-state index < -0.39 is 0 Å². The van der Waals surface area contributed by atoms with Crippen molar-refractivity contribution in [2.24, 2.45) is 0 Å². The molecule has 0 bridgehead atoms. The average Bonchev–Trinajstić information content (AvgIpc) is 3.33. The van der Waals surface area contributed by atoms with Crippen LogP contribution in [-0.2, 0) is 0 Å². The van der Waals surface area contributed by atoms with Crippen molar-refractivity contribution < 1.29 is 4.79 Å². The summed E-state index contributed by atoms with van der Waals surface area (Å²) >= 11 is 0. The van der Waals surface area contributed by atoms with E-state index in [-0.39, 0.29) is 11.9 Å². The Balaban J connectivity index is 1.47. The number of amides is 1. The minimum absolute atomic E-state index is 0.0534. The molecular weight excluding hydrogens is 352 g/mol. The van der Waals surface area contributed by atoms with E-state index in [2.05, 4.69) is 32.3 Å². The quantitative estimate of drug-likeness (QED) is 0.578. The number of H-pyrrole nitrogens is 1. The summed E-state index contributed by atoms with van der Waals surface area (Å²) in [6.45, 7) is 2.02. The van der Waals surface area contributed by atoms with Gasteiger partial charge in [0.1, 0.15) is 5.65 Å². The molecule has 1 fully saturated rings. The Kier molecular flexibility index (Phi) is 4.09. The monoisotopic (exact) mass is 374 g/mol. The van der Waals surface area contributed by atoms with Crippen molar-refractivity contribution in [1.29, 1.82) is 0 Å². The van der Waals surface area contributed by atoms with Crippen molar-refractivity contribution in [1.82, 2.24) is 29.8 Å². The number of nitrogens with zero attached hydrogens (tertiary/aromatic N) is 4. The third-order valence-corrected chi connectivity index (χ3v) is 5.58. The second-order valence-corrected chi connectivity index (χ2v) is 7.46. The van der Waals surface area contributed by atoms with E-state index in [1.54, 1.807) is 16.9 Å². The molecule has 0 radical (unpaired) electrons. The lowest BCUT2D eigenvalue weighted by molar-refractivity contribution is 0.0918. The minimum Gasteiger partial charge on any atom is -0.349 e. The molecule has 4 aromatic rings. The molecular formula is C21H22N6O. The zero-order valence-electron chi connectivity index (χ0n) is 15.7. The van der Waals surface area contributed by atoms with Gasteiger partial charge in [0.05, 0.1) is 17.3 Å². The second kappa shape index (κ2) is 6.76. The van der Waals surface area contributed by atoms with Crippen LogP contribution in [0.3, 0.4) is 0 Å². The Morgan fingerprint density at radius 3 is 3.00 bits per heavy atom. The first-order chi connectivity index (χ1) is 13.7. The van der Waals surface area contributed by atoms with E-state index in [9.17, 15) is 4.79 Å². The molecule has 0 aliphatic carbocycles. The number of piperidine rings is 1. The molecule has 7 heteroatoms. The van der Waals surface area contributed by atoms with Crippen molar-refractivity contribution in [3.63, 3.8) is 0 Å². The molecule has 2 N–H and O–H groups in total. The standard InChI is InChI=1S/C21H22N6O/c1-26-8-5-15(6-9-26)25-21(28)18-13-24-27-10-4-14(11-19(18)27)17-12-23-20-16(17)3-2-7-22-20/h2-4,7,10-13,15H,5-6,8-9H2,1H3,(H,22,23)(H,25,28). The van der Waals surface area contributed by atoms with Crippen LogP contribution in [0, 0.1) is 0 Å². The number of fused-ring (bicyclic) bond motifs is 2. The van der Waals surface area contributed by atoms with E-state index in [1.165, 1.54) is 0 Å². The maximum absolute atomic E-state index is 12.9. The Hall–Kier alpha value is -3.19. The summed E-state index contributed by atoms with van der Waals surface area (Å²) in [6, 6.07) is 8.22. The van der Waals surface area contributed by atoms with Gasteiger partial charge in [-0.15, -0.1) is 0 Å². The van der Waals surface area contributed by atoms with E-state index in [0.29, 0.717) is 5.56 Å². The average molecular weight is 374 g/mol. The summed E-state index contributed by atoms with van der Waals surface area (Å²) in [7, 11) is 2.12. The number of rotatable bonds is 3. The Labute approximate surface area is 162 Å². The fraction of sp³-hybridized carbons (Fsp3) is 0.286. The van der Waals surface area contributed by atoms with Crippen molar-refractivity contribution in [3.8, 4) is 11.1 Å². The largest absolute Gasteiger partial charge is 0.349 e. The highest BCUT2D eigenvalue weighted by molar-refractivity contribution is 6.02. The maximum Gasteiger partial charge on any atom is 0.255 e. The van der Waals surface area contributed by atoms with Crippen molar-refractivity contribution in [2.75, 3.05) is 20.1 Å². The summed E-state index contributed by atoms with van der Waals surface area (Å²) in [4.78, 5) is 22.7. The zero-order valence-corrected chi connectivity index (χ0v) is 15.7. The third kappa shape index (κ3) is 2.93. The van der Waals surface area contributed by atoms with Gasteiger partial charge in [-0.05, 0) is 62.8 Å².